The van der Waals surface area contributed by atoms with Crippen molar-refractivity contribution >= 4 is 40.3 Å². The van der Waals surface area contributed by atoms with Gasteiger partial charge in [-0.2, -0.15) is 0 Å². The molecule has 6 heteroatoms. The molecule has 0 aromatic carbocycles. The molecule has 0 radical (unpaired) electrons. The number of hydrogen-bond acceptors (Lipinski definition) is 5. The predicted octanol–water partition coefficient (Wildman–Crippen LogP) is 3.27. The summed E-state index contributed by atoms with van der Waals surface area (Å²) in [7, 11) is 0. The Bertz CT molecular complexity index is 564. The molecule has 0 fully saturated rings. The fraction of sp³-hybridized carbons (Fsp3) is 0.385. The van der Waals surface area contributed by atoms with Gasteiger partial charge in [0.1, 0.15) is 0 Å². The van der Waals surface area contributed by atoms with Crippen LogP contribution in [-0.4, -0.2) is 27.6 Å². The third-order valence-electron chi connectivity index (χ3n) is 3.15. The number of rotatable bonds is 3. The number of hydrogen-bond donors (Lipinski definition) is 0. The van der Waals surface area contributed by atoms with Crippen molar-refractivity contribution in [1.29, 1.82) is 0 Å². The monoisotopic (exact) mass is 310 g/mol. The highest BCUT2D eigenvalue weighted by molar-refractivity contribution is 8.02. The zero-order chi connectivity index (χ0) is 13.2. The Hall–Kier alpha value is -0.850. The minimum absolute atomic E-state index is 0.0636. The van der Waals surface area contributed by atoms with Crippen LogP contribution in [0.2, 0.25) is 0 Å². The van der Waals surface area contributed by atoms with Crippen LogP contribution >= 0.6 is 34.4 Å². The van der Waals surface area contributed by atoms with Crippen molar-refractivity contribution in [2.75, 3.05) is 6.54 Å². The van der Waals surface area contributed by atoms with Gasteiger partial charge < -0.3 is 4.90 Å². The Labute approximate surface area is 124 Å². The normalized spacial score (nSPS) is 16.2. The number of fused-ring (bicyclic) bond motifs is 1. The Morgan fingerprint density at radius 2 is 2.37 bits per heavy atom. The molecule has 100 valence electrons. The second-order valence-electron chi connectivity index (χ2n) is 4.44. The van der Waals surface area contributed by atoms with Gasteiger partial charge in [-0.25, -0.2) is 4.98 Å². The molecule has 0 N–H and O–H groups in total. The first kappa shape index (κ1) is 13.1. The molecule has 1 unspecified atom stereocenters. The van der Waals surface area contributed by atoms with Gasteiger partial charge in [0.15, 0.2) is 4.34 Å². The molecule has 3 heterocycles. The molecule has 3 rings (SSSR count). The lowest BCUT2D eigenvalue weighted by Gasteiger charge is -2.29. The van der Waals surface area contributed by atoms with Crippen LogP contribution in [0.5, 0.6) is 0 Å². The standard InChI is InChI=1S/C13H14N2OS3/c1-9(19-13-14-4-7-18-13)12(16)15-5-2-11-10(8-15)3-6-17-11/h3-4,6-7,9H,2,5,8H2,1H3. The zero-order valence-corrected chi connectivity index (χ0v) is 13.0. The molecule has 0 saturated carbocycles. The molecule has 0 saturated heterocycles. The maximum Gasteiger partial charge on any atom is 0.236 e. The van der Waals surface area contributed by atoms with Crippen LogP contribution in [0.1, 0.15) is 17.4 Å². The maximum absolute atomic E-state index is 12.4. The first-order valence-corrected chi connectivity index (χ1v) is 8.78. The van der Waals surface area contributed by atoms with E-state index < -0.39 is 0 Å². The highest BCUT2D eigenvalue weighted by Gasteiger charge is 2.26. The third kappa shape index (κ3) is 2.85. The van der Waals surface area contributed by atoms with Crippen molar-refractivity contribution in [1.82, 2.24) is 9.88 Å². The van der Waals surface area contributed by atoms with Gasteiger partial charge in [-0.05, 0) is 30.4 Å². The molecule has 1 atom stereocenters. The molecule has 1 amide bonds. The number of amides is 1. The Balaban J connectivity index is 1.65. The van der Waals surface area contributed by atoms with E-state index in [1.54, 1.807) is 40.6 Å². The number of thiophene rings is 1. The summed E-state index contributed by atoms with van der Waals surface area (Å²) in [6.45, 7) is 3.58. The van der Waals surface area contributed by atoms with Crippen molar-refractivity contribution in [3.63, 3.8) is 0 Å². The number of nitrogens with zero attached hydrogens (tertiary/aromatic N) is 2. The van der Waals surface area contributed by atoms with Gasteiger partial charge in [0.05, 0.1) is 5.25 Å². The average Bonchev–Trinajstić information content (AvgIpc) is 3.07. The largest absolute Gasteiger partial charge is 0.337 e. The summed E-state index contributed by atoms with van der Waals surface area (Å²) in [4.78, 5) is 20.1. The molecule has 2 aromatic rings. The SMILES string of the molecule is CC(Sc1nccs1)C(=O)N1CCc2sccc2C1. The van der Waals surface area contributed by atoms with E-state index in [2.05, 4.69) is 16.4 Å². The number of thiazole rings is 1. The highest BCUT2D eigenvalue weighted by Crippen LogP contribution is 2.29. The van der Waals surface area contributed by atoms with Crippen molar-refractivity contribution in [2.45, 2.75) is 29.5 Å². The van der Waals surface area contributed by atoms with Gasteiger partial charge in [-0.3, -0.25) is 4.79 Å². The fourth-order valence-electron chi connectivity index (χ4n) is 2.16. The topological polar surface area (TPSA) is 33.2 Å². The molecule has 19 heavy (non-hydrogen) atoms. The van der Waals surface area contributed by atoms with Crippen LogP contribution in [-0.2, 0) is 17.8 Å². The average molecular weight is 310 g/mol. The third-order valence-corrected chi connectivity index (χ3v) is 6.18. The first-order valence-electron chi connectivity index (χ1n) is 6.14. The summed E-state index contributed by atoms with van der Waals surface area (Å²) < 4.78 is 0.967. The summed E-state index contributed by atoms with van der Waals surface area (Å²) in [5, 5.41) is 4.00. The van der Waals surface area contributed by atoms with Crippen molar-refractivity contribution in [3.8, 4) is 0 Å². The van der Waals surface area contributed by atoms with Gasteiger partial charge in [0, 0.05) is 29.5 Å². The molecule has 1 aliphatic heterocycles. The van der Waals surface area contributed by atoms with Crippen LogP contribution in [0, 0.1) is 0 Å². The molecule has 0 spiro atoms. The number of aromatic nitrogens is 1. The van der Waals surface area contributed by atoms with Crippen molar-refractivity contribution in [3.05, 3.63) is 33.5 Å². The van der Waals surface area contributed by atoms with Gasteiger partial charge in [-0.15, -0.1) is 22.7 Å². The van der Waals surface area contributed by atoms with E-state index in [4.69, 9.17) is 0 Å². The summed E-state index contributed by atoms with van der Waals surface area (Å²) in [5.41, 5.74) is 1.32. The van der Waals surface area contributed by atoms with E-state index in [-0.39, 0.29) is 11.2 Å². The second kappa shape index (κ2) is 5.64. The van der Waals surface area contributed by atoms with Crippen molar-refractivity contribution in [2.24, 2.45) is 0 Å². The lowest BCUT2D eigenvalue weighted by Crippen LogP contribution is -2.39. The Kier molecular flexibility index (Phi) is 3.91. The van der Waals surface area contributed by atoms with Crippen LogP contribution in [0.4, 0.5) is 0 Å². The number of thioether (sulfide) groups is 1. The molecule has 1 aliphatic rings. The van der Waals surface area contributed by atoms with Gasteiger partial charge >= 0.3 is 0 Å². The van der Waals surface area contributed by atoms with Crippen LogP contribution in [0.3, 0.4) is 0 Å². The molecule has 3 nitrogen and oxygen atoms in total. The molecular weight excluding hydrogens is 296 g/mol. The van der Waals surface area contributed by atoms with Gasteiger partial charge in [-0.1, -0.05) is 11.8 Å². The highest BCUT2D eigenvalue weighted by atomic mass is 32.2. The molecule has 2 aromatic heterocycles. The molecular formula is C13H14N2OS3. The van der Waals surface area contributed by atoms with Crippen LogP contribution < -0.4 is 0 Å². The van der Waals surface area contributed by atoms with Crippen LogP contribution in [0.15, 0.2) is 27.4 Å². The Morgan fingerprint density at radius 3 is 3.16 bits per heavy atom. The van der Waals surface area contributed by atoms with Gasteiger partial charge in [0.25, 0.3) is 0 Å². The van der Waals surface area contributed by atoms with Crippen molar-refractivity contribution < 1.29 is 4.79 Å². The lowest BCUT2D eigenvalue weighted by atomic mass is 10.1. The van der Waals surface area contributed by atoms with E-state index in [1.165, 1.54) is 10.4 Å². The zero-order valence-electron chi connectivity index (χ0n) is 10.5. The first-order chi connectivity index (χ1) is 9.24. The van der Waals surface area contributed by atoms with Gasteiger partial charge in [0.2, 0.25) is 5.91 Å². The summed E-state index contributed by atoms with van der Waals surface area (Å²) in [6.07, 6.45) is 2.77. The minimum atomic E-state index is -0.0636. The molecule has 0 aliphatic carbocycles. The van der Waals surface area contributed by atoms with E-state index in [0.717, 1.165) is 23.8 Å². The molecule has 0 bridgehead atoms. The van der Waals surface area contributed by atoms with E-state index in [0.29, 0.717) is 0 Å². The lowest BCUT2D eigenvalue weighted by molar-refractivity contribution is -0.131. The Morgan fingerprint density at radius 1 is 1.47 bits per heavy atom. The summed E-state index contributed by atoms with van der Waals surface area (Å²) >= 11 is 4.94. The smallest absolute Gasteiger partial charge is 0.236 e. The number of carbonyl (C=O) groups excluding carboxylic acids is 1. The van der Waals surface area contributed by atoms with E-state index in [1.807, 2.05) is 17.2 Å². The second-order valence-corrected chi connectivity index (χ2v) is 7.92. The predicted molar refractivity (Wildman–Crippen MR) is 80.9 cm³/mol. The minimum Gasteiger partial charge on any atom is -0.337 e. The van der Waals surface area contributed by atoms with E-state index >= 15 is 0 Å². The summed E-state index contributed by atoms with van der Waals surface area (Å²) in [5.74, 6) is 0.219. The van der Waals surface area contributed by atoms with E-state index in [9.17, 15) is 4.79 Å². The fourth-order valence-corrected chi connectivity index (χ4v) is 4.91. The van der Waals surface area contributed by atoms with Crippen LogP contribution in [0.25, 0.3) is 0 Å². The quantitative estimate of drug-likeness (QED) is 0.816. The number of carbonyl (C=O) groups is 1. The maximum atomic E-state index is 12.4. The summed E-state index contributed by atoms with van der Waals surface area (Å²) in [6, 6.07) is 2.14.